The number of nitrogens with zero attached hydrogens (tertiary/aromatic N) is 3. The van der Waals surface area contributed by atoms with E-state index in [0.717, 1.165) is 34.8 Å². The molecule has 3 aromatic rings. The van der Waals surface area contributed by atoms with Gasteiger partial charge >= 0.3 is 0 Å². The van der Waals surface area contributed by atoms with Gasteiger partial charge in [0.05, 0.1) is 26.4 Å². The van der Waals surface area contributed by atoms with Gasteiger partial charge in [-0.3, -0.25) is 0 Å². The molecule has 0 radical (unpaired) electrons. The highest BCUT2D eigenvalue weighted by molar-refractivity contribution is 7.09. The highest BCUT2D eigenvalue weighted by Gasteiger charge is 2.16. The Bertz CT molecular complexity index is 719. The van der Waals surface area contributed by atoms with E-state index in [1.54, 1.807) is 11.3 Å². The number of thiazole rings is 1. The van der Waals surface area contributed by atoms with Crippen LogP contribution in [0, 0.1) is 0 Å². The average molecular weight is 326 g/mol. The fraction of sp³-hybridized carbons (Fsp3) is 0.286. The van der Waals surface area contributed by atoms with Crippen molar-refractivity contribution in [2.75, 3.05) is 0 Å². The first-order chi connectivity index (χ1) is 9.66. The number of benzene rings is 1. The van der Waals surface area contributed by atoms with Gasteiger partial charge in [0, 0.05) is 24.5 Å². The van der Waals surface area contributed by atoms with Crippen molar-refractivity contribution in [2.24, 2.45) is 0 Å². The number of halogens is 2. The van der Waals surface area contributed by atoms with Crippen LogP contribution in [0.25, 0.3) is 11.0 Å². The second kappa shape index (κ2) is 5.72. The molecule has 0 aliphatic heterocycles. The molecule has 0 saturated heterocycles. The van der Waals surface area contributed by atoms with Gasteiger partial charge in [0.15, 0.2) is 0 Å². The maximum absolute atomic E-state index is 6.32. The van der Waals surface area contributed by atoms with Crippen LogP contribution in [0.2, 0.25) is 5.02 Å². The van der Waals surface area contributed by atoms with Crippen LogP contribution in [0.5, 0.6) is 0 Å². The third-order valence-corrected chi connectivity index (χ3v) is 4.48. The molecule has 0 aliphatic rings. The summed E-state index contributed by atoms with van der Waals surface area (Å²) in [6, 6.07) is 5.75. The lowest BCUT2D eigenvalue weighted by molar-refractivity contribution is 0.666. The number of hydrogen-bond acceptors (Lipinski definition) is 3. The molecule has 0 aliphatic carbocycles. The second-order valence-corrected chi connectivity index (χ2v) is 6.56. The minimum atomic E-state index is -0.158. The molecule has 0 N–H and O–H groups in total. The number of aromatic nitrogens is 3. The minimum absolute atomic E-state index is 0.158. The van der Waals surface area contributed by atoms with E-state index in [0.29, 0.717) is 5.02 Å². The van der Waals surface area contributed by atoms with Gasteiger partial charge in [-0.2, -0.15) is 0 Å². The number of para-hydroxylation sites is 1. The van der Waals surface area contributed by atoms with Gasteiger partial charge in [-0.25, -0.2) is 9.97 Å². The predicted molar refractivity (Wildman–Crippen MR) is 84.8 cm³/mol. The molecule has 3 nitrogen and oxygen atoms in total. The van der Waals surface area contributed by atoms with E-state index in [-0.39, 0.29) is 5.38 Å². The topological polar surface area (TPSA) is 30.7 Å². The predicted octanol–water partition coefficient (Wildman–Crippen LogP) is 4.69. The minimum Gasteiger partial charge on any atom is -0.325 e. The van der Waals surface area contributed by atoms with E-state index in [4.69, 9.17) is 23.2 Å². The van der Waals surface area contributed by atoms with Crippen LogP contribution in [-0.2, 0) is 13.0 Å². The molecular weight excluding hydrogens is 313 g/mol. The molecule has 6 heteroatoms. The van der Waals surface area contributed by atoms with E-state index in [1.807, 2.05) is 36.7 Å². The Labute approximate surface area is 131 Å². The Balaban J connectivity index is 2.04. The maximum atomic E-state index is 6.32. The molecule has 0 amide bonds. The van der Waals surface area contributed by atoms with Crippen LogP contribution < -0.4 is 0 Å². The van der Waals surface area contributed by atoms with Crippen LogP contribution in [0.15, 0.2) is 29.8 Å². The van der Waals surface area contributed by atoms with E-state index in [9.17, 15) is 0 Å². The zero-order valence-electron chi connectivity index (χ0n) is 10.9. The molecule has 20 heavy (non-hydrogen) atoms. The molecule has 2 heterocycles. The summed E-state index contributed by atoms with van der Waals surface area (Å²) in [6.07, 6.45) is 2.68. The molecule has 2 aromatic heterocycles. The Morgan fingerprint density at radius 1 is 1.40 bits per heavy atom. The third kappa shape index (κ3) is 2.55. The standard InChI is InChI=1S/C14H13Cl2N3S/c1-9(15)14-18-11-4-2-3-10(16)13(11)19(14)7-5-12-17-6-8-20-12/h2-4,6,8-9H,5,7H2,1H3. The lowest BCUT2D eigenvalue weighted by Gasteiger charge is -2.10. The van der Waals surface area contributed by atoms with Gasteiger partial charge in [0.25, 0.3) is 0 Å². The smallest absolute Gasteiger partial charge is 0.127 e. The normalized spacial score (nSPS) is 12.9. The van der Waals surface area contributed by atoms with Gasteiger partial charge in [0.1, 0.15) is 5.82 Å². The van der Waals surface area contributed by atoms with Gasteiger partial charge < -0.3 is 4.57 Å². The lowest BCUT2D eigenvalue weighted by Crippen LogP contribution is -2.07. The summed E-state index contributed by atoms with van der Waals surface area (Å²) in [4.78, 5) is 8.91. The van der Waals surface area contributed by atoms with Crippen LogP contribution in [-0.4, -0.2) is 14.5 Å². The van der Waals surface area contributed by atoms with Gasteiger partial charge in [-0.15, -0.1) is 22.9 Å². The molecule has 1 atom stereocenters. The number of rotatable bonds is 4. The van der Waals surface area contributed by atoms with Crippen LogP contribution in [0.3, 0.4) is 0 Å². The molecule has 3 rings (SSSR count). The van der Waals surface area contributed by atoms with Crippen LogP contribution in [0.1, 0.15) is 23.1 Å². The van der Waals surface area contributed by atoms with E-state index >= 15 is 0 Å². The zero-order chi connectivity index (χ0) is 14.1. The number of hydrogen-bond donors (Lipinski definition) is 0. The van der Waals surface area contributed by atoms with Gasteiger partial charge in [-0.05, 0) is 19.1 Å². The first-order valence-electron chi connectivity index (χ1n) is 6.34. The second-order valence-electron chi connectivity index (χ2n) is 4.52. The van der Waals surface area contributed by atoms with Crippen molar-refractivity contribution in [3.05, 3.63) is 45.6 Å². The molecule has 1 aromatic carbocycles. The molecule has 104 valence electrons. The van der Waals surface area contributed by atoms with Crippen molar-refractivity contribution in [3.63, 3.8) is 0 Å². The Morgan fingerprint density at radius 3 is 2.95 bits per heavy atom. The summed E-state index contributed by atoms with van der Waals surface area (Å²) in [7, 11) is 0. The van der Waals surface area contributed by atoms with Crippen molar-refractivity contribution in [1.82, 2.24) is 14.5 Å². The highest BCUT2D eigenvalue weighted by Crippen LogP contribution is 2.29. The molecule has 0 fully saturated rings. The fourth-order valence-corrected chi connectivity index (χ4v) is 3.32. The Morgan fingerprint density at radius 2 is 2.25 bits per heavy atom. The first-order valence-corrected chi connectivity index (χ1v) is 8.03. The Kier molecular flexibility index (Phi) is 3.96. The van der Waals surface area contributed by atoms with Gasteiger partial charge in [-0.1, -0.05) is 17.7 Å². The summed E-state index contributed by atoms with van der Waals surface area (Å²) < 4.78 is 2.11. The first kappa shape index (κ1) is 13.9. The largest absolute Gasteiger partial charge is 0.325 e. The third-order valence-electron chi connectivity index (χ3n) is 3.14. The SMILES string of the molecule is CC(Cl)c1nc2cccc(Cl)c2n1CCc1nccs1. The summed E-state index contributed by atoms with van der Waals surface area (Å²) in [5, 5.41) is 3.64. The zero-order valence-corrected chi connectivity index (χ0v) is 13.2. The number of imidazole rings is 1. The van der Waals surface area contributed by atoms with Crippen molar-refractivity contribution in [1.29, 1.82) is 0 Å². The highest BCUT2D eigenvalue weighted by atomic mass is 35.5. The van der Waals surface area contributed by atoms with Crippen molar-refractivity contribution >= 4 is 45.6 Å². The fourth-order valence-electron chi connectivity index (χ4n) is 2.27. The van der Waals surface area contributed by atoms with E-state index in [1.165, 1.54) is 0 Å². The summed E-state index contributed by atoms with van der Waals surface area (Å²) in [5.74, 6) is 0.853. The van der Waals surface area contributed by atoms with Crippen LogP contribution in [0.4, 0.5) is 0 Å². The maximum Gasteiger partial charge on any atom is 0.127 e. The Hall–Kier alpha value is -1.10. The quantitative estimate of drug-likeness (QED) is 0.651. The molecule has 0 spiro atoms. The molecule has 0 saturated carbocycles. The van der Waals surface area contributed by atoms with E-state index < -0.39 is 0 Å². The molecular formula is C14H13Cl2N3S. The molecule has 0 bridgehead atoms. The monoisotopic (exact) mass is 325 g/mol. The van der Waals surface area contributed by atoms with Crippen LogP contribution >= 0.6 is 34.5 Å². The molecule has 1 unspecified atom stereocenters. The number of aryl methyl sites for hydroxylation is 2. The summed E-state index contributed by atoms with van der Waals surface area (Å²) >= 11 is 14.2. The number of alkyl halides is 1. The van der Waals surface area contributed by atoms with Crippen molar-refractivity contribution < 1.29 is 0 Å². The summed E-state index contributed by atoms with van der Waals surface area (Å²) in [5.41, 5.74) is 1.84. The lowest BCUT2D eigenvalue weighted by atomic mass is 10.3. The number of fused-ring (bicyclic) bond motifs is 1. The van der Waals surface area contributed by atoms with Crippen molar-refractivity contribution in [2.45, 2.75) is 25.3 Å². The summed E-state index contributed by atoms with van der Waals surface area (Å²) in [6.45, 7) is 2.71. The average Bonchev–Trinajstić information content (AvgIpc) is 3.03. The van der Waals surface area contributed by atoms with E-state index in [2.05, 4.69) is 14.5 Å². The van der Waals surface area contributed by atoms with Gasteiger partial charge in [0.2, 0.25) is 0 Å². The van der Waals surface area contributed by atoms with Crippen molar-refractivity contribution in [3.8, 4) is 0 Å².